The quantitative estimate of drug-likeness (QED) is 0.256. The number of carboxylic acids is 2. The Morgan fingerprint density at radius 1 is 0.848 bits per heavy atom. The number of rotatable bonds is 17. The molecule has 33 heavy (non-hydrogen) atoms. The van der Waals surface area contributed by atoms with E-state index in [1.807, 2.05) is 6.07 Å². The first-order valence-corrected chi connectivity index (χ1v) is 13.5. The summed E-state index contributed by atoms with van der Waals surface area (Å²) >= 11 is 0. The molecular formula is C25H40O7S. The molecular weight excluding hydrogens is 444 g/mol. The van der Waals surface area contributed by atoms with Crippen LogP contribution in [0.2, 0.25) is 0 Å². The van der Waals surface area contributed by atoms with Crippen molar-refractivity contribution in [2.75, 3.05) is 5.75 Å². The van der Waals surface area contributed by atoms with Crippen LogP contribution in [0.25, 0.3) is 6.08 Å². The van der Waals surface area contributed by atoms with E-state index >= 15 is 0 Å². The zero-order chi connectivity index (χ0) is 25.0. The number of aliphatic hydroxyl groups excluding tert-OH is 1. The van der Waals surface area contributed by atoms with Crippen LogP contribution in [-0.4, -0.2) is 47.5 Å². The minimum Gasteiger partial charge on any atom is -0.481 e. The van der Waals surface area contributed by atoms with Gasteiger partial charge in [-0.15, -0.1) is 0 Å². The fraction of sp³-hybridized carbons (Fsp3) is 0.600. The molecule has 0 saturated heterocycles. The number of carbonyl (C=O) groups is 2. The lowest BCUT2D eigenvalue weighted by molar-refractivity contribution is -0.139. The van der Waals surface area contributed by atoms with Crippen molar-refractivity contribution in [3.05, 3.63) is 41.3 Å². The van der Waals surface area contributed by atoms with E-state index in [1.54, 1.807) is 24.3 Å². The Labute approximate surface area is 198 Å². The minimum absolute atomic E-state index is 0.114. The maximum Gasteiger partial charge on any atom is 0.319 e. The van der Waals surface area contributed by atoms with Crippen molar-refractivity contribution in [1.29, 1.82) is 0 Å². The predicted molar refractivity (Wildman–Crippen MR) is 132 cm³/mol. The summed E-state index contributed by atoms with van der Waals surface area (Å²) in [5.41, 5.74) is 0.714. The second-order valence-electron chi connectivity index (χ2n) is 8.14. The molecule has 0 aromatic heterocycles. The van der Waals surface area contributed by atoms with Crippen LogP contribution in [0.4, 0.5) is 0 Å². The van der Waals surface area contributed by atoms with Gasteiger partial charge >= 0.3 is 11.9 Å². The van der Waals surface area contributed by atoms with Crippen LogP contribution < -0.4 is 0 Å². The lowest BCUT2D eigenvalue weighted by Crippen LogP contribution is -2.12. The number of hydrogen-bond donors (Lipinski definition) is 3. The van der Waals surface area contributed by atoms with Crippen molar-refractivity contribution in [3.63, 3.8) is 0 Å². The van der Waals surface area contributed by atoms with Crippen LogP contribution >= 0.6 is 0 Å². The van der Waals surface area contributed by atoms with Gasteiger partial charge in [0.2, 0.25) is 0 Å². The SMILES string of the molecule is CCCCCCCCCCCCC(O)CC(=O)O.O=C(O)CS(=O)(=O)/C=C\c1ccccc1. The molecule has 1 atom stereocenters. The predicted octanol–water partition coefficient (Wildman–Crippen LogP) is 5.29. The van der Waals surface area contributed by atoms with Crippen molar-refractivity contribution >= 4 is 27.9 Å². The van der Waals surface area contributed by atoms with Gasteiger partial charge in [0, 0.05) is 5.41 Å². The first-order valence-electron chi connectivity index (χ1n) is 11.7. The number of aliphatic hydroxyl groups is 1. The molecule has 0 heterocycles. The van der Waals surface area contributed by atoms with Crippen molar-refractivity contribution in [1.82, 2.24) is 0 Å². The molecule has 188 valence electrons. The molecule has 0 bridgehead atoms. The highest BCUT2D eigenvalue weighted by Gasteiger charge is 2.11. The molecule has 3 N–H and O–H groups in total. The normalized spacial score (nSPS) is 12.2. The van der Waals surface area contributed by atoms with E-state index in [0.717, 1.165) is 18.2 Å². The maximum atomic E-state index is 11.1. The average molecular weight is 485 g/mol. The fourth-order valence-corrected chi connectivity index (χ4v) is 3.94. The summed E-state index contributed by atoms with van der Waals surface area (Å²) in [6, 6.07) is 8.80. The molecule has 1 aromatic carbocycles. The molecule has 0 aliphatic rings. The summed E-state index contributed by atoms with van der Waals surface area (Å²) < 4.78 is 22.3. The third kappa shape index (κ3) is 21.4. The van der Waals surface area contributed by atoms with Crippen molar-refractivity contribution in [3.8, 4) is 0 Å². The highest BCUT2D eigenvalue weighted by Crippen LogP contribution is 2.12. The zero-order valence-electron chi connectivity index (χ0n) is 19.7. The second kappa shape index (κ2) is 19.3. The van der Waals surface area contributed by atoms with Gasteiger partial charge in [0.05, 0.1) is 12.5 Å². The highest BCUT2D eigenvalue weighted by atomic mass is 32.2. The monoisotopic (exact) mass is 484 g/mol. The average Bonchev–Trinajstić information content (AvgIpc) is 2.73. The van der Waals surface area contributed by atoms with E-state index in [2.05, 4.69) is 6.92 Å². The smallest absolute Gasteiger partial charge is 0.319 e. The Morgan fingerprint density at radius 2 is 1.36 bits per heavy atom. The molecule has 8 heteroatoms. The fourth-order valence-electron chi connectivity index (χ4n) is 3.14. The Bertz CT molecular complexity index is 773. The van der Waals surface area contributed by atoms with Crippen LogP contribution in [0.3, 0.4) is 0 Å². The Kier molecular flexibility index (Phi) is 18.0. The van der Waals surface area contributed by atoms with E-state index in [-0.39, 0.29) is 6.42 Å². The number of aliphatic carboxylic acids is 2. The summed E-state index contributed by atoms with van der Waals surface area (Å²) in [6.07, 6.45) is 13.9. The Morgan fingerprint density at radius 3 is 1.85 bits per heavy atom. The molecule has 1 aromatic rings. The maximum absolute atomic E-state index is 11.1. The van der Waals surface area contributed by atoms with Gasteiger partial charge < -0.3 is 15.3 Å². The molecule has 1 rings (SSSR count). The number of benzene rings is 1. The summed E-state index contributed by atoms with van der Waals surface area (Å²) in [5.74, 6) is -3.14. The van der Waals surface area contributed by atoms with Crippen LogP contribution in [0.15, 0.2) is 35.7 Å². The lowest BCUT2D eigenvalue weighted by atomic mass is 10.0. The van der Waals surface area contributed by atoms with Gasteiger partial charge in [-0.2, -0.15) is 0 Å². The molecule has 0 spiro atoms. The number of carboxylic acid groups (broad SMARTS) is 2. The van der Waals surface area contributed by atoms with E-state index in [9.17, 15) is 23.1 Å². The van der Waals surface area contributed by atoms with E-state index < -0.39 is 33.6 Å². The standard InChI is InChI=1S/C15H30O3.C10H10O4S/c1-2-3-4-5-6-7-8-9-10-11-12-14(16)13-15(17)18;11-10(12)8-15(13,14)7-6-9-4-2-1-3-5-9/h14,16H,2-13H2,1H3,(H,17,18);1-7H,8H2,(H,11,12)/b;7-6-. The summed E-state index contributed by atoms with van der Waals surface area (Å²) in [4.78, 5) is 20.5. The Balaban J connectivity index is 0.000000629. The van der Waals surface area contributed by atoms with Crippen molar-refractivity contribution < 1.29 is 33.3 Å². The molecule has 0 radical (unpaired) electrons. The van der Waals surface area contributed by atoms with E-state index in [0.29, 0.717) is 12.0 Å². The zero-order valence-corrected chi connectivity index (χ0v) is 20.5. The summed E-state index contributed by atoms with van der Waals surface area (Å²) in [5, 5.41) is 27.1. The van der Waals surface area contributed by atoms with Crippen LogP contribution in [0.5, 0.6) is 0 Å². The van der Waals surface area contributed by atoms with Gasteiger partial charge in [0.15, 0.2) is 15.6 Å². The molecule has 0 fully saturated rings. The third-order valence-electron chi connectivity index (χ3n) is 4.89. The third-order valence-corrected chi connectivity index (χ3v) is 6.09. The summed E-state index contributed by atoms with van der Waals surface area (Å²) in [7, 11) is -3.66. The van der Waals surface area contributed by atoms with Gasteiger partial charge in [-0.25, -0.2) is 8.42 Å². The van der Waals surface area contributed by atoms with Gasteiger partial charge in [0.1, 0.15) is 0 Å². The van der Waals surface area contributed by atoms with Crippen LogP contribution in [0, 0.1) is 0 Å². The highest BCUT2D eigenvalue weighted by molar-refractivity contribution is 7.95. The molecule has 0 aliphatic carbocycles. The van der Waals surface area contributed by atoms with Crippen molar-refractivity contribution in [2.45, 2.75) is 90.1 Å². The Hall–Kier alpha value is -2.19. The molecule has 7 nitrogen and oxygen atoms in total. The molecule has 0 amide bonds. The largest absolute Gasteiger partial charge is 0.481 e. The molecule has 1 unspecified atom stereocenters. The minimum atomic E-state index is -3.66. The molecule has 0 aliphatic heterocycles. The second-order valence-corrected chi connectivity index (χ2v) is 10.0. The van der Waals surface area contributed by atoms with Crippen LogP contribution in [0.1, 0.15) is 89.5 Å². The van der Waals surface area contributed by atoms with E-state index in [4.69, 9.17) is 10.2 Å². The lowest BCUT2D eigenvalue weighted by Gasteiger charge is -2.07. The number of sulfone groups is 1. The van der Waals surface area contributed by atoms with E-state index in [1.165, 1.54) is 57.4 Å². The van der Waals surface area contributed by atoms with Crippen molar-refractivity contribution in [2.24, 2.45) is 0 Å². The first kappa shape index (κ1) is 30.8. The van der Waals surface area contributed by atoms with Gasteiger partial charge in [0.25, 0.3) is 0 Å². The number of unbranched alkanes of at least 4 members (excludes halogenated alkanes) is 9. The number of hydrogen-bond acceptors (Lipinski definition) is 5. The summed E-state index contributed by atoms with van der Waals surface area (Å²) in [6.45, 7) is 2.23. The molecule has 0 saturated carbocycles. The first-order chi connectivity index (χ1) is 15.7. The van der Waals surface area contributed by atoms with Crippen LogP contribution in [-0.2, 0) is 19.4 Å². The topological polar surface area (TPSA) is 129 Å². The van der Waals surface area contributed by atoms with Gasteiger partial charge in [-0.3, -0.25) is 9.59 Å². The van der Waals surface area contributed by atoms with Gasteiger partial charge in [-0.1, -0.05) is 101 Å². The van der Waals surface area contributed by atoms with Gasteiger partial charge in [-0.05, 0) is 18.1 Å².